The first kappa shape index (κ1) is 17.9. The molecular formula is C22H23Cl2NO. The van der Waals surface area contributed by atoms with Crippen molar-refractivity contribution in [3.8, 4) is 5.75 Å². The van der Waals surface area contributed by atoms with Crippen LogP contribution in [0.3, 0.4) is 0 Å². The molecule has 1 aliphatic heterocycles. The van der Waals surface area contributed by atoms with Crippen molar-refractivity contribution in [2.75, 3.05) is 13.6 Å². The number of rotatable bonds is 2. The standard InChI is InChI=1S/C22H23Cl2NO/c1-25-10-9-22(17-3-2-4-18(26)13-17)8-7-16(21(25)14-22)11-15-5-6-19(23)20(24)12-15/h2-6,11-13,21,26H,7-10,14H2,1H3/b16-11-/t21-,22+/m0/s1. The van der Waals surface area contributed by atoms with Gasteiger partial charge in [-0.25, -0.2) is 0 Å². The number of nitrogens with zero attached hydrogens (tertiary/aromatic N) is 1. The van der Waals surface area contributed by atoms with Crippen molar-refractivity contribution >= 4 is 29.3 Å². The molecule has 0 spiro atoms. The quantitative estimate of drug-likeness (QED) is 0.692. The van der Waals surface area contributed by atoms with Gasteiger partial charge in [-0.1, -0.05) is 53.1 Å². The van der Waals surface area contributed by atoms with Crippen LogP contribution in [0.5, 0.6) is 5.75 Å². The van der Waals surface area contributed by atoms with Gasteiger partial charge in [0, 0.05) is 6.04 Å². The van der Waals surface area contributed by atoms with Crippen molar-refractivity contribution in [3.05, 3.63) is 69.2 Å². The van der Waals surface area contributed by atoms with Crippen LogP contribution >= 0.6 is 23.2 Å². The second kappa shape index (κ2) is 6.92. The SMILES string of the molecule is CN1CC[C@]2(c3cccc(O)c3)CC/C(=C/c3ccc(Cl)c(Cl)c3)[C@@H]1C2. The molecule has 0 unspecified atom stereocenters. The fourth-order valence-corrected chi connectivity index (χ4v) is 4.90. The maximum absolute atomic E-state index is 9.94. The van der Waals surface area contributed by atoms with Crippen LogP contribution in [0, 0.1) is 0 Å². The van der Waals surface area contributed by atoms with E-state index in [0.29, 0.717) is 21.8 Å². The molecule has 1 saturated heterocycles. The molecule has 4 rings (SSSR count). The molecular weight excluding hydrogens is 365 g/mol. The topological polar surface area (TPSA) is 23.5 Å². The maximum atomic E-state index is 9.94. The summed E-state index contributed by atoms with van der Waals surface area (Å²) >= 11 is 12.2. The third kappa shape index (κ3) is 3.26. The van der Waals surface area contributed by atoms with E-state index in [2.05, 4.69) is 24.1 Å². The Hall–Kier alpha value is -1.48. The number of likely N-dealkylation sites (N-methyl/N-ethyl adjacent to an activating group) is 1. The van der Waals surface area contributed by atoms with Crippen LogP contribution in [0.4, 0.5) is 0 Å². The second-order valence-corrected chi connectivity index (χ2v) is 8.49. The summed E-state index contributed by atoms with van der Waals surface area (Å²) in [5.74, 6) is 0.365. The number of phenols is 1. The molecule has 26 heavy (non-hydrogen) atoms. The highest BCUT2D eigenvalue weighted by atomic mass is 35.5. The summed E-state index contributed by atoms with van der Waals surface area (Å²) in [6, 6.07) is 14.1. The van der Waals surface area contributed by atoms with Gasteiger partial charge >= 0.3 is 0 Å². The summed E-state index contributed by atoms with van der Waals surface area (Å²) in [7, 11) is 2.21. The summed E-state index contributed by atoms with van der Waals surface area (Å²) in [6.45, 7) is 1.07. The fourth-order valence-electron chi connectivity index (χ4n) is 4.59. The van der Waals surface area contributed by atoms with E-state index < -0.39 is 0 Å². The van der Waals surface area contributed by atoms with Gasteiger partial charge in [0.1, 0.15) is 5.75 Å². The van der Waals surface area contributed by atoms with Crippen molar-refractivity contribution in [2.45, 2.75) is 37.1 Å². The van der Waals surface area contributed by atoms with E-state index in [1.54, 1.807) is 6.07 Å². The second-order valence-electron chi connectivity index (χ2n) is 7.67. The van der Waals surface area contributed by atoms with Crippen LogP contribution in [-0.2, 0) is 5.41 Å². The number of likely N-dealkylation sites (tertiary alicyclic amines) is 1. The number of hydrogen-bond donors (Lipinski definition) is 1. The molecule has 0 aromatic heterocycles. The molecule has 0 amide bonds. The van der Waals surface area contributed by atoms with Crippen LogP contribution in [0.2, 0.25) is 10.0 Å². The van der Waals surface area contributed by atoms with Crippen LogP contribution in [0.25, 0.3) is 6.08 Å². The predicted molar refractivity (Wildman–Crippen MR) is 109 cm³/mol. The van der Waals surface area contributed by atoms with Crippen molar-refractivity contribution < 1.29 is 5.11 Å². The fraction of sp³-hybridized carbons (Fsp3) is 0.364. The Morgan fingerprint density at radius 2 is 1.96 bits per heavy atom. The number of aromatic hydroxyl groups is 1. The van der Waals surface area contributed by atoms with E-state index >= 15 is 0 Å². The van der Waals surface area contributed by atoms with Gasteiger partial charge in [0.05, 0.1) is 10.0 Å². The van der Waals surface area contributed by atoms with Crippen molar-refractivity contribution in [3.63, 3.8) is 0 Å². The van der Waals surface area contributed by atoms with Gasteiger partial charge in [-0.15, -0.1) is 0 Å². The monoisotopic (exact) mass is 387 g/mol. The van der Waals surface area contributed by atoms with E-state index in [0.717, 1.165) is 37.8 Å². The molecule has 2 fully saturated rings. The summed E-state index contributed by atoms with van der Waals surface area (Å²) in [5.41, 5.74) is 4.02. The molecule has 2 aromatic carbocycles. The Morgan fingerprint density at radius 3 is 2.73 bits per heavy atom. The van der Waals surface area contributed by atoms with E-state index in [4.69, 9.17) is 23.2 Å². The zero-order chi connectivity index (χ0) is 18.3. The highest BCUT2D eigenvalue weighted by Crippen LogP contribution is 2.49. The molecule has 1 aliphatic carbocycles. The largest absolute Gasteiger partial charge is 0.508 e. The van der Waals surface area contributed by atoms with Gasteiger partial charge < -0.3 is 5.11 Å². The molecule has 1 saturated carbocycles. The molecule has 1 N–H and O–H groups in total. The summed E-state index contributed by atoms with van der Waals surface area (Å²) in [6.07, 6.45) is 6.70. The Morgan fingerprint density at radius 1 is 1.12 bits per heavy atom. The Balaban J connectivity index is 1.66. The highest BCUT2D eigenvalue weighted by Gasteiger charge is 2.44. The van der Waals surface area contributed by atoms with E-state index in [1.165, 1.54) is 11.1 Å². The Kier molecular flexibility index (Phi) is 4.77. The summed E-state index contributed by atoms with van der Waals surface area (Å²) in [5, 5.41) is 11.1. The zero-order valence-electron chi connectivity index (χ0n) is 14.9. The molecule has 4 heteroatoms. The van der Waals surface area contributed by atoms with E-state index in [9.17, 15) is 5.11 Å². The number of hydrogen-bond acceptors (Lipinski definition) is 2. The first-order chi connectivity index (χ1) is 12.5. The number of piperidine rings is 1. The van der Waals surface area contributed by atoms with E-state index in [1.807, 2.05) is 30.3 Å². The van der Waals surface area contributed by atoms with Gasteiger partial charge in [-0.05, 0) is 80.1 Å². The first-order valence-electron chi connectivity index (χ1n) is 9.12. The average Bonchev–Trinajstić information content (AvgIpc) is 2.63. The number of phenolic OH excluding ortho intramolecular Hbond substituents is 1. The van der Waals surface area contributed by atoms with E-state index in [-0.39, 0.29) is 5.41 Å². The van der Waals surface area contributed by atoms with Gasteiger partial charge in [-0.3, -0.25) is 4.90 Å². The van der Waals surface area contributed by atoms with Crippen LogP contribution in [-0.4, -0.2) is 29.6 Å². The lowest BCUT2D eigenvalue weighted by molar-refractivity contribution is 0.108. The van der Waals surface area contributed by atoms with Crippen LogP contribution < -0.4 is 0 Å². The summed E-state index contributed by atoms with van der Waals surface area (Å²) < 4.78 is 0. The third-order valence-electron chi connectivity index (χ3n) is 6.13. The van der Waals surface area contributed by atoms with Gasteiger partial charge in [0.2, 0.25) is 0 Å². The lowest BCUT2D eigenvalue weighted by atomic mass is 9.62. The normalized spacial score (nSPS) is 27.7. The third-order valence-corrected chi connectivity index (χ3v) is 6.87. The van der Waals surface area contributed by atoms with Gasteiger partial charge in [0.25, 0.3) is 0 Å². The van der Waals surface area contributed by atoms with Gasteiger partial charge in [-0.2, -0.15) is 0 Å². The van der Waals surface area contributed by atoms with Crippen molar-refractivity contribution in [2.24, 2.45) is 0 Å². The minimum Gasteiger partial charge on any atom is -0.508 e. The number of halogens is 2. The molecule has 2 atom stereocenters. The zero-order valence-corrected chi connectivity index (χ0v) is 16.4. The molecule has 2 bridgehead atoms. The average molecular weight is 388 g/mol. The first-order valence-corrected chi connectivity index (χ1v) is 9.88. The maximum Gasteiger partial charge on any atom is 0.115 e. The minimum atomic E-state index is 0.172. The molecule has 0 radical (unpaired) electrons. The predicted octanol–water partition coefficient (Wildman–Crippen LogP) is 5.91. The smallest absolute Gasteiger partial charge is 0.115 e. The molecule has 1 heterocycles. The lowest BCUT2D eigenvalue weighted by Gasteiger charge is -2.51. The summed E-state index contributed by atoms with van der Waals surface area (Å²) in [4.78, 5) is 2.46. The van der Waals surface area contributed by atoms with Crippen molar-refractivity contribution in [1.29, 1.82) is 0 Å². The Bertz CT molecular complexity index is 863. The van der Waals surface area contributed by atoms with Crippen LogP contribution in [0.1, 0.15) is 36.8 Å². The highest BCUT2D eigenvalue weighted by molar-refractivity contribution is 6.42. The molecule has 136 valence electrons. The van der Waals surface area contributed by atoms with Crippen LogP contribution in [0.15, 0.2) is 48.0 Å². The number of benzene rings is 2. The van der Waals surface area contributed by atoms with Crippen molar-refractivity contribution in [1.82, 2.24) is 4.90 Å². The Labute approximate surface area is 165 Å². The lowest BCUT2D eigenvalue weighted by Crippen LogP contribution is -2.51. The minimum absolute atomic E-state index is 0.172. The molecule has 2 aromatic rings. The van der Waals surface area contributed by atoms with Gasteiger partial charge in [0.15, 0.2) is 0 Å². The number of fused-ring (bicyclic) bond motifs is 2. The molecule has 2 nitrogen and oxygen atoms in total. The molecule has 2 aliphatic rings.